The number of benzene rings is 1. The second-order valence-corrected chi connectivity index (χ2v) is 5.91. The largest absolute Gasteiger partial charge is 0.378 e. The molecule has 0 aliphatic carbocycles. The van der Waals surface area contributed by atoms with Crippen molar-refractivity contribution >= 4 is 23.5 Å². The van der Waals surface area contributed by atoms with E-state index < -0.39 is 0 Å². The summed E-state index contributed by atoms with van der Waals surface area (Å²) in [6.45, 7) is 3.02. The molecule has 1 fully saturated rings. The second kappa shape index (κ2) is 8.08. The number of anilines is 1. The number of nitrogens with one attached hydrogen (secondary N) is 1. The minimum atomic E-state index is -0.0820. The highest BCUT2D eigenvalue weighted by molar-refractivity contribution is 6.30. The number of nitrogens with zero attached hydrogens (tertiary/aromatic N) is 3. The lowest BCUT2D eigenvalue weighted by Gasteiger charge is -2.26. The van der Waals surface area contributed by atoms with Crippen LogP contribution in [0.15, 0.2) is 36.5 Å². The summed E-state index contributed by atoms with van der Waals surface area (Å²) < 4.78 is 5.26. The molecule has 0 saturated carbocycles. The zero-order valence-electron chi connectivity index (χ0n) is 13.2. The summed E-state index contributed by atoms with van der Waals surface area (Å²) in [5, 5.41) is 3.88. The summed E-state index contributed by atoms with van der Waals surface area (Å²) in [5.74, 6) is 0.379. The topological polar surface area (TPSA) is 67.4 Å². The van der Waals surface area contributed by atoms with Crippen LogP contribution >= 0.6 is 11.6 Å². The van der Waals surface area contributed by atoms with E-state index in [1.165, 1.54) is 5.56 Å². The first-order valence-electron chi connectivity index (χ1n) is 7.91. The van der Waals surface area contributed by atoms with Crippen molar-refractivity contribution in [3.63, 3.8) is 0 Å². The van der Waals surface area contributed by atoms with Gasteiger partial charge in [0.2, 0.25) is 5.95 Å². The average Bonchev–Trinajstić information content (AvgIpc) is 2.64. The van der Waals surface area contributed by atoms with Crippen LogP contribution in [0.25, 0.3) is 0 Å². The van der Waals surface area contributed by atoms with Crippen molar-refractivity contribution in [3.8, 4) is 0 Å². The van der Waals surface area contributed by atoms with Crippen LogP contribution in [0.1, 0.15) is 16.1 Å². The summed E-state index contributed by atoms with van der Waals surface area (Å²) in [7, 11) is 0. The Morgan fingerprint density at radius 2 is 1.96 bits per heavy atom. The zero-order valence-corrected chi connectivity index (χ0v) is 14.0. The van der Waals surface area contributed by atoms with Crippen molar-refractivity contribution in [2.24, 2.45) is 0 Å². The molecule has 1 aliphatic rings. The Labute approximate surface area is 145 Å². The number of hydrogen-bond acceptors (Lipinski definition) is 5. The van der Waals surface area contributed by atoms with E-state index in [0.29, 0.717) is 44.5 Å². The molecule has 1 amide bonds. The van der Waals surface area contributed by atoms with Gasteiger partial charge in [-0.05, 0) is 30.2 Å². The lowest BCUT2D eigenvalue weighted by atomic mass is 10.1. The minimum absolute atomic E-state index is 0.0820. The summed E-state index contributed by atoms with van der Waals surface area (Å²) in [5.41, 5.74) is 1.58. The molecule has 1 N–H and O–H groups in total. The Morgan fingerprint density at radius 1 is 1.21 bits per heavy atom. The van der Waals surface area contributed by atoms with Gasteiger partial charge in [0.05, 0.1) is 13.2 Å². The van der Waals surface area contributed by atoms with Crippen molar-refractivity contribution in [1.29, 1.82) is 0 Å². The first-order valence-corrected chi connectivity index (χ1v) is 8.28. The van der Waals surface area contributed by atoms with Gasteiger partial charge in [-0.25, -0.2) is 9.97 Å². The first kappa shape index (κ1) is 16.7. The summed E-state index contributed by atoms with van der Waals surface area (Å²) in [6, 6.07) is 9.36. The molecule has 0 atom stereocenters. The average molecular weight is 347 g/mol. The highest BCUT2D eigenvalue weighted by Gasteiger charge is 2.19. The van der Waals surface area contributed by atoms with Crippen LogP contribution in [-0.2, 0) is 11.2 Å². The molecule has 1 aromatic carbocycles. The van der Waals surface area contributed by atoms with Gasteiger partial charge in [0, 0.05) is 30.9 Å². The highest BCUT2D eigenvalue weighted by Crippen LogP contribution is 2.11. The fourth-order valence-electron chi connectivity index (χ4n) is 2.46. The lowest BCUT2D eigenvalue weighted by molar-refractivity contribution is 0.0299. The molecule has 1 aliphatic heterocycles. The SMILES string of the molecule is O=C(c1ccnc(NCCc2ccc(Cl)cc2)n1)N1CCOCC1. The lowest BCUT2D eigenvalue weighted by Crippen LogP contribution is -2.41. The molecule has 2 heterocycles. The van der Waals surface area contributed by atoms with E-state index in [2.05, 4.69) is 15.3 Å². The van der Waals surface area contributed by atoms with Gasteiger partial charge in [-0.2, -0.15) is 0 Å². The van der Waals surface area contributed by atoms with Crippen LogP contribution < -0.4 is 5.32 Å². The van der Waals surface area contributed by atoms with Crippen LogP contribution in [0.5, 0.6) is 0 Å². The predicted octanol–water partition coefficient (Wildman–Crippen LogP) is 2.26. The molecule has 1 saturated heterocycles. The van der Waals surface area contributed by atoms with E-state index in [9.17, 15) is 4.79 Å². The van der Waals surface area contributed by atoms with Gasteiger partial charge in [-0.1, -0.05) is 23.7 Å². The van der Waals surface area contributed by atoms with Crippen LogP contribution in [0.2, 0.25) is 5.02 Å². The van der Waals surface area contributed by atoms with Crippen LogP contribution in [0, 0.1) is 0 Å². The predicted molar refractivity (Wildman–Crippen MR) is 92.4 cm³/mol. The number of aromatic nitrogens is 2. The number of carbonyl (C=O) groups is 1. The maximum absolute atomic E-state index is 12.4. The van der Waals surface area contributed by atoms with Crippen molar-refractivity contribution in [1.82, 2.24) is 14.9 Å². The van der Waals surface area contributed by atoms with E-state index in [0.717, 1.165) is 11.4 Å². The molecule has 0 radical (unpaired) electrons. The van der Waals surface area contributed by atoms with Gasteiger partial charge in [0.25, 0.3) is 5.91 Å². The van der Waals surface area contributed by atoms with Gasteiger partial charge >= 0.3 is 0 Å². The molecule has 2 aromatic rings. The van der Waals surface area contributed by atoms with Crippen LogP contribution in [-0.4, -0.2) is 53.6 Å². The molecule has 7 heteroatoms. The monoisotopic (exact) mass is 346 g/mol. The molecular weight excluding hydrogens is 328 g/mol. The molecule has 1 aromatic heterocycles. The third-order valence-electron chi connectivity index (χ3n) is 3.78. The second-order valence-electron chi connectivity index (χ2n) is 5.47. The molecule has 3 rings (SSSR count). The number of morpholine rings is 1. The molecule has 6 nitrogen and oxygen atoms in total. The molecular formula is C17H19ClN4O2. The maximum atomic E-state index is 12.4. The van der Waals surface area contributed by atoms with Gasteiger partial charge < -0.3 is 15.0 Å². The Balaban J connectivity index is 1.56. The van der Waals surface area contributed by atoms with Crippen molar-refractivity contribution < 1.29 is 9.53 Å². The van der Waals surface area contributed by atoms with Gasteiger partial charge in [-0.3, -0.25) is 4.79 Å². The smallest absolute Gasteiger partial charge is 0.272 e. The Kier molecular flexibility index (Phi) is 5.61. The summed E-state index contributed by atoms with van der Waals surface area (Å²) in [6.07, 6.45) is 2.42. The Bertz CT molecular complexity index is 687. The van der Waals surface area contributed by atoms with E-state index in [1.54, 1.807) is 17.2 Å². The fourth-order valence-corrected chi connectivity index (χ4v) is 2.59. The third kappa shape index (κ3) is 4.43. The number of hydrogen-bond donors (Lipinski definition) is 1. The minimum Gasteiger partial charge on any atom is -0.378 e. The number of halogens is 1. The van der Waals surface area contributed by atoms with Crippen LogP contribution in [0.4, 0.5) is 5.95 Å². The van der Waals surface area contributed by atoms with Crippen LogP contribution in [0.3, 0.4) is 0 Å². The van der Waals surface area contributed by atoms with Gasteiger partial charge in [-0.15, -0.1) is 0 Å². The summed E-state index contributed by atoms with van der Waals surface area (Å²) >= 11 is 5.87. The maximum Gasteiger partial charge on any atom is 0.272 e. The van der Waals surface area contributed by atoms with E-state index in [-0.39, 0.29) is 5.91 Å². The number of rotatable bonds is 5. The van der Waals surface area contributed by atoms with Crippen molar-refractivity contribution in [2.75, 3.05) is 38.2 Å². The van der Waals surface area contributed by atoms with Crippen molar-refractivity contribution in [2.45, 2.75) is 6.42 Å². The van der Waals surface area contributed by atoms with E-state index >= 15 is 0 Å². The first-order chi connectivity index (χ1) is 11.7. The number of ether oxygens (including phenoxy) is 1. The number of amides is 1. The van der Waals surface area contributed by atoms with E-state index in [1.807, 2.05) is 24.3 Å². The standard InChI is InChI=1S/C17H19ClN4O2/c18-14-3-1-13(2-4-14)5-7-19-17-20-8-6-15(21-17)16(23)22-9-11-24-12-10-22/h1-4,6,8H,5,7,9-12H2,(H,19,20,21). The molecule has 24 heavy (non-hydrogen) atoms. The third-order valence-corrected chi connectivity index (χ3v) is 4.04. The number of carbonyl (C=O) groups excluding carboxylic acids is 1. The Morgan fingerprint density at radius 3 is 2.71 bits per heavy atom. The quantitative estimate of drug-likeness (QED) is 0.899. The van der Waals surface area contributed by atoms with Gasteiger partial charge in [0.1, 0.15) is 5.69 Å². The molecule has 0 spiro atoms. The molecule has 0 unspecified atom stereocenters. The normalized spacial score (nSPS) is 14.5. The van der Waals surface area contributed by atoms with Gasteiger partial charge in [0.15, 0.2) is 0 Å². The summed E-state index contributed by atoms with van der Waals surface area (Å²) in [4.78, 5) is 22.7. The van der Waals surface area contributed by atoms with Crippen molar-refractivity contribution in [3.05, 3.63) is 52.8 Å². The molecule has 126 valence electrons. The zero-order chi connectivity index (χ0) is 16.8. The highest BCUT2D eigenvalue weighted by atomic mass is 35.5. The van der Waals surface area contributed by atoms with E-state index in [4.69, 9.17) is 16.3 Å². The Hall–Kier alpha value is -2.18. The molecule has 0 bridgehead atoms. The fraction of sp³-hybridized carbons (Fsp3) is 0.353.